The summed E-state index contributed by atoms with van der Waals surface area (Å²) in [5, 5.41) is 26.0. The van der Waals surface area contributed by atoms with E-state index in [1.807, 2.05) is 0 Å². The first-order valence-corrected chi connectivity index (χ1v) is 8.49. The Balaban J connectivity index is 2.00. The zero-order valence-electron chi connectivity index (χ0n) is 14.4. The Kier molecular flexibility index (Phi) is 5.66. The van der Waals surface area contributed by atoms with Crippen LogP contribution in [0.4, 0.5) is 11.4 Å². The van der Waals surface area contributed by atoms with Crippen LogP contribution in [-0.2, 0) is 15.1 Å². The number of nitro benzene ring substituents is 1. The number of hydrogen-bond acceptors (Lipinski definition) is 6. The smallest absolute Gasteiger partial charge is 0.331 e. The number of carboxylic acids is 1. The van der Waals surface area contributed by atoms with Crippen LogP contribution in [0.2, 0.25) is 0 Å². The van der Waals surface area contributed by atoms with Gasteiger partial charge in [0.15, 0.2) is 5.54 Å². The van der Waals surface area contributed by atoms with Gasteiger partial charge in [0.25, 0.3) is 5.69 Å². The van der Waals surface area contributed by atoms with Crippen molar-refractivity contribution in [1.29, 1.82) is 0 Å². The van der Waals surface area contributed by atoms with Gasteiger partial charge in [-0.1, -0.05) is 0 Å². The normalized spacial score (nSPS) is 12.4. The number of non-ortho nitro benzene ring substituents is 1. The predicted octanol–water partition coefficient (Wildman–Crippen LogP) is 2.73. The van der Waals surface area contributed by atoms with Gasteiger partial charge in [-0.2, -0.15) is 5.10 Å². The third-order valence-electron chi connectivity index (χ3n) is 3.68. The highest BCUT2D eigenvalue weighted by molar-refractivity contribution is 8.00. The molecule has 10 heteroatoms. The van der Waals surface area contributed by atoms with Gasteiger partial charge in [0.1, 0.15) is 0 Å². The van der Waals surface area contributed by atoms with Crippen molar-refractivity contribution in [2.24, 2.45) is 0 Å². The van der Waals surface area contributed by atoms with Crippen LogP contribution >= 0.6 is 11.8 Å². The fourth-order valence-electron chi connectivity index (χ4n) is 1.94. The van der Waals surface area contributed by atoms with Crippen LogP contribution in [0.15, 0.2) is 41.6 Å². The molecule has 1 heterocycles. The van der Waals surface area contributed by atoms with Gasteiger partial charge < -0.3 is 10.4 Å². The largest absolute Gasteiger partial charge is 0.479 e. The van der Waals surface area contributed by atoms with E-state index in [-0.39, 0.29) is 11.6 Å². The SMILES string of the molecule is CC(Sc1ccc([N+](=O)[O-])cc1)C(=O)Nc1cnn(C(C)(C)C(=O)O)c1. The Labute approximate surface area is 153 Å². The molecule has 0 saturated heterocycles. The number of amides is 1. The van der Waals surface area contributed by atoms with E-state index in [0.29, 0.717) is 5.69 Å². The molecule has 1 amide bonds. The van der Waals surface area contributed by atoms with Crippen molar-refractivity contribution in [3.8, 4) is 0 Å². The molecular weight excluding hydrogens is 360 g/mol. The molecule has 0 bridgehead atoms. The van der Waals surface area contributed by atoms with Crippen LogP contribution < -0.4 is 5.32 Å². The van der Waals surface area contributed by atoms with E-state index in [2.05, 4.69) is 10.4 Å². The first kappa shape index (κ1) is 19.4. The monoisotopic (exact) mass is 378 g/mol. The maximum Gasteiger partial charge on any atom is 0.331 e. The molecule has 2 rings (SSSR count). The number of hydrogen-bond donors (Lipinski definition) is 2. The van der Waals surface area contributed by atoms with Gasteiger partial charge in [-0.25, -0.2) is 4.79 Å². The second kappa shape index (κ2) is 7.56. The quantitative estimate of drug-likeness (QED) is 0.431. The average Bonchev–Trinajstić information content (AvgIpc) is 3.04. The highest BCUT2D eigenvalue weighted by Gasteiger charge is 2.30. The van der Waals surface area contributed by atoms with Gasteiger partial charge in [-0.3, -0.25) is 19.6 Å². The number of carbonyl (C=O) groups is 2. The summed E-state index contributed by atoms with van der Waals surface area (Å²) < 4.78 is 1.26. The number of nitrogens with zero attached hydrogens (tertiary/aromatic N) is 3. The zero-order chi connectivity index (χ0) is 19.5. The van der Waals surface area contributed by atoms with Gasteiger partial charge in [-0.05, 0) is 32.9 Å². The fraction of sp³-hybridized carbons (Fsp3) is 0.312. The molecule has 1 aromatic carbocycles. The number of nitrogens with one attached hydrogen (secondary N) is 1. The minimum Gasteiger partial charge on any atom is -0.479 e. The molecule has 0 radical (unpaired) electrons. The maximum absolute atomic E-state index is 12.3. The first-order valence-electron chi connectivity index (χ1n) is 7.62. The molecule has 2 aromatic rings. The molecule has 0 aliphatic heterocycles. The molecule has 0 spiro atoms. The van der Waals surface area contributed by atoms with E-state index in [1.165, 1.54) is 54.8 Å². The van der Waals surface area contributed by atoms with E-state index >= 15 is 0 Å². The Morgan fingerprint density at radius 2 is 1.96 bits per heavy atom. The fourth-order valence-corrected chi connectivity index (χ4v) is 2.81. The van der Waals surface area contributed by atoms with E-state index in [9.17, 15) is 24.8 Å². The number of aliphatic carboxylic acids is 1. The molecule has 1 unspecified atom stereocenters. The highest BCUT2D eigenvalue weighted by atomic mass is 32.2. The predicted molar refractivity (Wildman–Crippen MR) is 96.2 cm³/mol. The van der Waals surface area contributed by atoms with E-state index < -0.39 is 21.7 Å². The third kappa shape index (κ3) is 4.39. The molecule has 2 N–H and O–H groups in total. The Hall–Kier alpha value is -2.88. The summed E-state index contributed by atoms with van der Waals surface area (Å²) in [6.07, 6.45) is 2.83. The summed E-state index contributed by atoms with van der Waals surface area (Å²) >= 11 is 1.25. The molecule has 9 nitrogen and oxygen atoms in total. The van der Waals surface area contributed by atoms with Crippen molar-refractivity contribution in [3.63, 3.8) is 0 Å². The number of nitro groups is 1. The lowest BCUT2D eigenvalue weighted by molar-refractivity contribution is -0.384. The average molecular weight is 378 g/mol. The molecular formula is C16H18N4O5S. The lowest BCUT2D eigenvalue weighted by Crippen LogP contribution is -2.36. The molecule has 26 heavy (non-hydrogen) atoms. The zero-order valence-corrected chi connectivity index (χ0v) is 15.2. The van der Waals surface area contributed by atoms with E-state index in [1.54, 1.807) is 19.1 Å². The molecule has 0 saturated carbocycles. The van der Waals surface area contributed by atoms with Crippen molar-refractivity contribution >= 4 is 35.0 Å². The van der Waals surface area contributed by atoms with Crippen LogP contribution in [-0.4, -0.2) is 36.9 Å². The first-order chi connectivity index (χ1) is 12.1. The summed E-state index contributed by atoms with van der Waals surface area (Å²) in [6, 6.07) is 5.93. The van der Waals surface area contributed by atoms with E-state index in [0.717, 1.165) is 4.90 Å². The number of rotatable bonds is 7. The second-order valence-electron chi connectivity index (χ2n) is 6.04. The van der Waals surface area contributed by atoms with Gasteiger partial charge in [0, 0.05) is 23.2 Å². The maximum atomic E-state index is 12.3. The van der Waals surface area contributed by atoms with Gasteiger partial charge in [0.2, 0.25) is 5.91 Å². The van der Waals surface area contributed by atoms with Crippen molar-refractivity contribution in [1.82, 2.24) is 9.78 Å². The topological polar surface area (TPSA) is 127 Å². The summed E-state index contributed by atoms with van der Waals surface area (Å²) in [4.78, 5) is 34.4. The summed E-state index contributed by atoms with van der Waals surface area (Å²) in [5.74, 6) is -1.33. The lowest BCUT2D eigenvalue weighted by Gasteiger charge is -2.19. The molecule has 0 aliphatic carbocycles. The number of carboxylic acid groups (broad SMARTS) is 1. The summed E-state index contributed by atoms with van der Waals surface area (Å²) in [7, 11) is 0. The van der Waals surface area contributed by atoms with Crippen LogP contribution in [0.1, 0.15) is 20.8 Å². The molecule has 138 valence electrons. The van der Waals surface area contributed by atoms with Crippen molar-refractivity contribution in [2.45, 2.75) is 36.5 Å². The van der Waals surface area contributed by atoms with Crippen LogP contribution in [0.25, 0.3) is 0 Å². The van der Waals surface area contributed by atoms with Crippen LogP contribution in [0, 0.1) is 10.1 Å². The minimum absolute atomic E-state index is 0.0140. The molecule has 1 atom stereocenters. The van der Waals surface area contributed by atoms with Crippen LogP contribution in [0.5, 0.6) is 0 Å². The molecule has 1 aromatic heterocycles. The molecule has 0 fully saturated rings. The highest BCUT2D eigenvalue weighted by Crippen LogP contribution is 2.26. The van der Waals surface area contributed by atoms with Crippen molar-refractivity contribution in [2.75, 3.05) is 5.32 Å². The number of thioether (sulfide) groups is 1. The second-order valence-corrected chi connectivity index (χ2v) is 7.45. The summed E-state index contributed by atoms with van der Waals surface area (Å²) in [6.45, 7) is 4.70. The number of benzene rings is 1. The Morgan fingerprint density at radius 3 is 2.50 bits per heavy atom. The molecule has 0 aliphatic rings. The Bertz CT molecular complexity index is 831. The van der Waals surface area contributed by atoms with Gasteiger partial charge in [-0.15, -0.1) is 11.8 Å². The van der Waals surface area contributed by atoms with Gasteiger partial charge in [0.05, 0.1) is 22.1 Å². The van der Waals surface area contributed by atoms with E-state index in [4.69, 9.17) is 0 Å². The Morgan fingerprint density at radius 1 is 1.35 bits per heavy atom. The van der Waals surface area contributed by atoms with Gasteiger partial charge >= 0.3 is 5.97 Å². The standard InChI is InChI=1S/C16H18N4O5S/c1-10(26-13-6-4-12(5-7-13)20(24)25)14(21)18-11-8-17-19(9-11)16(2,3)15(22)23/h4-10H,1-3H3,(H,18,21)(H,22,23). The number of aromatic nitrogens is 2. The van der Waals surface area contributed by atoms with Crippen LogP contribution in [0.3, 0.4) is 0 Å². The summed E-state index contributed by atoms with van der Waals surface area (Å²) in [5.41, 5.74) is -0.859. The third-order valence-corrected chi connectivity index (χ3v) is 4.79. The minimum atomic E-state index is -1.23. The van der Waals surface area contributed by atoms with Crippen molar-refractivity contribution in [3.05, 3.63) is 46.8 Å². The lowest BCUT2D eigenvalue weighted by atomic mass is 10.1. The number of carbonyl (C=O) groups excluding carboxylic acids is 1. The van der Waals surface area contributed by atoms with Crippen molar-refractivity contribution < 1.29 is 19.6 Å². The number of anilines is 1.